The Hall–Kier alpha value is -5.36. The van der Waals surface area contributed by atoms with Crippen LogP contribution in [0.1, 0.15) is 44.7 Å². The molecule has 4 aromatic rings. The van der Waals surface area contributed by atoms with Gasteiger partial charge in [-0.05, 0) is 53.4 Å². The molecule has 2 aliphatic rings. The molecule has 240 valence electrons. The molecule has 0 amide bonds. The van der Waals surface area contributed by atoms with Gasteiger partial charge in [-0.1, -0.05) is 84.9 Å². The van der Waals surface area contributed by atoms with Gasteiger partial charge >= 0.3 is 23.9 Å². The SMILES string of the molecule is C[C@@]1(C(=O)OCC2c3ccccc3-c3ccccc32)[C@@H](OC(=O)c2ccccc2)[C@H](OC(=O)c2ccccc2)[C@@H](C(=O)O)O[C@]1(N)O. The summed E-state index contributed by atoms with van der Waals surface area (Å²) in [6, 6.07) is 30.6. The summed E-state index contributed by atoms with van der Waals surface area (Å²) in [5.74, 6) is -8.35. The molecular formula is C36H31NO10. The lowest BCUT2D eigenvalue weighted by Crippen LogP contribution is -2.75. The van der Waals surface area contributed by atoms with E-state index in [2.05, 4.69) is 0 Å². The van der Waals surface area contributed by atoms with E-state index in [1.807, 2.05) is 48.5 Å². The van der Waals surface area contributed by atoms with Crippen LogP contribution in [-0.2, 0) is 28.5 Å². The molecule has 1 heterocycles. The quantitative estimate of drug-likeness (QED) is 0.145. The summed E-state index contributed by atoms with van der Waals surface area (Å²) in [6.45, 7) is 0.894. The number of esters is 3. The Kier molecular flexibility index (Phi) is 8.37. The van der Waals surface area contributed by atoms with Crippen LogP contribution in [0, 0.1) is 5.41 Å². The second kappa shape index (κ2) is 12.4. The van der Waals surface area contributed by atoms with Crippen molar-refractivity contribution in [2.45, 2.75) is 37.1 Å². The van der Waals surface area contributed by atoms with Crippen LogP contribution >= 0.6 is 0 Å². The van der Waals surface area contributed by atoms with Gasteiger partial charge in [0, 0.05) is 5.92 Å². The number of benzene rings is 4. The van der Waals surface area contributed by atoms with Crippen molar-refractivity contribution in [1.29, 1.82) is 0 Å². The van der Waals surface area contributed by atoms with Crippen LogP contribution in [-0.4, -0.2) is 64.9 Å². The highest BCUT2D eigenvalue weighted by atomic mass is 16.7. The van der Waals surface area contributed by atoms with Gasteiger partial charge in [0.25, 0.3) is 0 Å². The number of aliphatic carboxylic acids is 1. The summed E-state index contributed by atoms with van der Waals surface area (Å²) in [7, 11) is 0. The summed E-state index contributed by atoms with van der Waals surface area (Å²) in [5.41, 5.74) is 7.49. The smallest absolute Gasteiger partial charge is 0.338 e. The van der Waals surface area contributed by atoms with Gasteiger partial charge in [-0.3, -0.25) is 10.5 Å². The summed E-state index contributed by atoms with van der Waals surface area (Å²) in [4.78, 5) is 53.3. The molecule has 0 radical (unpaired) electrons. The van der Waals surface area contributed by atoms with E-state index >= 15 is 0 Å². The number of carboxylic acids is 1. The molecule has 0 bridgehead atoms. The normalized spacial score (nSPS) is 24.8. The van der Waals surface area contributed by atoms with Crippen molar-refractivity contribution < 1.29 is 48.3 Å². The molecule has 0 unspecified atom stereocenters. The van der Waals surface area contributed by atoms with Crippen molar-refractivity contribution in [3.05, 3.63) is 131 Å². The minimum absolute atomic E-state index is 0.0365. The summed E-state index contributed by atoms with van der Waals surface area (Å²) >= 11 is 0. The standard InChI is InChI=1S/C36H31NO10/c1-35(34(42)44-20-27-25-18-10-8-16-23(25)24-17-9-11-19-26(24)27)30(46-33(41)22-14-6-3-7-15-22)28(29(31(38)39)47-36(35,37)43)45-32(40)21-12-4-2-5-13-21/h2-19,27-30,43H,20,37H2,1H3,(H,38,39)/t28-,29+,30+,35+,36-/m1/s1. The zero-order valence-electron chi connectivity index (χ0n) is 25.1. The summed E-state index contributed by atoms with van der Waals surface area (Å²) in [5, 5.41) is 21.6. The minimum atomic E-state index is -3.07. The van der Waals surface area contributed by atoms with E-state index in [1.54, 1.807) is 36.4 Å². The molecule has 47 heavy (non-hydrogen) atoms. The number of ether oxygens (including phenoxy) is 4. The Morgan fingerprint density at radius 2 is 1.21 bits per heavy atom. The van der Waals surface area contributed by atoms with Crippen molar-refractivity contribution in [3.8, 4) is 11.1 Å². The van der Waals surface area contributed by atoms with Gasteiger partial charge in [0.2, 0.25) is 5.91 Å². The van der Waals surface area contributed by atoms with E-state index < -0.39 is 59.4 Å². The summed E-state index contributed by atoms with van der Waals surface area (Å²) in [6.07, 6.45) is -6.11. The van der Waals surface area contributed by atoms with E-state index in [-0.39, 0.29) is 17.7 Å². The van der Waals surface area contributed by atoms with Gasteiger partial charge in [-0.15, -0.1) is 0 Å². The first-order chi connectivity index (χ1) is 22.5. The molecule has 1 aliphatic carbocycles. The van der Waals surface area contributed by atoms with Crippen LogP contribution < -0.4 is 5.73 Å². The first kappa shape index (κ1) is 31.6. The van der Waals surface area contributed by atoms with Gasteiger partial charge in [0.15, 0.2) is 23.7 Å². The maximum absolute atomic E-state index is 14.2. The van der Waals surface area contributed by atoms with Crippen LogP contribution in [0.15, 0.2) is 109 Å². The lowest BCUT2D eigenvalue weighted by Gasteiger charge is -2.51. The maximum Gasteiger partial charge on any atom is 0.338 e. The van der Waals surface area contributed by atoms with E-state index in [4.69, 9.17) is 24.7 Å². The highest BCUT2D eigenvalue weighted by molar-refractivity contribution is 5.92. The molecule has 0 aromatic heterocycles. The fourth-order valence-corrected chi connectivity index (χ4v) is 6.11. The Morgan fingerprint density at radius 1 is 0.745 bits per heavy atom. The summed E-state index contributed by atoms with van der Waals surface area (Å²) < 4.78 is 22.6. The Labute approximate surface area is 269 Å². The molecule has 11 nitrogen and oxygen atoms in total. The van der Waals surface area contributed by atoms with Crippen LogP contribution in [0.25, 0.3) is 11.1 Å². The number of aliphatic hydroxyl groups is 1. The molecule has 0 spiro atoms. The Bertz CT molecular complexity index is 1780. The van der Waals surface area contributed by atoms with Gasteiger partial charge in [-0.25, -0.2) is 14.4 Å². The third kappa shape index (κ3) is 5.65. The number of fused-ring (bicyclic) bond motifs is 3. The van der Waals surface area contributed by atoms with Crippen molar-refractivity contribution in [3.63, 3.8) is 0 Å². The van der Waals surface area contributed by atoms with Gasteiger partial charge in [-0.2, -0.15) is 0 Å². The predicted octanol–water partition coefficient (Wildman–Crippen LogP) is 3.89. The molecular weight excluding hydrogens is 606 g/mol. The second-order valence-electron chi connectivity index (χ2n) is 11.5. The van der Waals surface area contributed by atoms with Crippen molar-refractivity contribution in [1.82, 2.24) is 0 Å². The van der Waals surface area contributed by atoms with Crippen LogP contribution in [0.2, 0.25) is 0 Å². The minimum Gasteiger partial charge on any atom is -0.479 e. The highest BCUT2D eigenvalue weighted by Crippen LogP contribution is 2.47. The average molecular weight is 638 g/mol. The molecule has 5 atom stereocenters. The predicted molar refractivity (Wildman–Crippen MR) is 166 cm³/mol. The van der Waals surface area contributed by atoms with Gasteiger partial charge in [0.05, 0.1) is 11.1 Å². The van der Waals surface area contributed by atoms with Crippen molar-refractivity contribution in [2.75, 3.05) is 6.61 Å². The second-order valence-corrected chi connectivity index (χ2v) is 11.5. The Balaban J connectivity index is 1.38. The highest BCUT2D eigenvalue weighted by Gasteiger charge is 2.70. The maximum atomic E-state index is 14.2. The third-order valence-electron chi connectivity index (χ3n) is 8.72. The molecule has 1 aliphatic heterocycles. The fraction of sp³-hybridized carbons (Fsp3) is 0.222. The van der Waals surface area contributed by atoms with Gasteiger partial charge < -0.3 is 29.2 Å². The molecule has 0 saturated carbocycles. The zero-order chi connectivity index (χ0) is 33.3. The first-order valence-corrected chi connectivity index (χ1v) is 14.8. The number of nitrogens with two attached hydrogens (primary N) is 1. The van der Waals surface area contributed by atoms with E-state index in [0.29, 0.717) is 0 Å². The molecule has 11 heteroatoms. The molecule has 6 rings (SSSR count). The zero-order valence-corrected chi connectivity index (χ0v) is 25.1. The topological polar surface area (TPSA) is 172 Å². The van der Waals surface area contributed by atoms with Crippen LogP contribution in [0.5, 0.6) is 0 Å². The lowest BCUT2D eigenvalue weighted by molar-refractivity contribution is -0.349. The van der Waals surface area contributed by atoms with E-state index in [1.165, 1.54) is 24.3 Å². The average Bonchev–Trinajstić information content (AvgIpc) is 3.40. The van der Waals surface area contributed by atoms with Gasteiger partial charge in [0.1, 0.15) is 6.61 Å². The van der Waals surface area contributed by atoms with Crippen LogP contribution in [0.4, 0.5) is 0 Å². The third-order valence-corrected chi connectivity index (χ3v) is 8.72. The molecule has 1 saturated heterocycles. The van der Waals surface area contributed by atoms with Crippen molar-refractivity contribution >= 4 is 23.9 Å². The molecule has 4 aromatic carbocycles. The van der Waals surface area contributed by atoms with Crippen LogP contribution in [0.3, 0.4) is 0 Å². The lowest BCUT2D eigenvalue weighted by atomic mass is 9.73. The van der Waals surface area contributed by atoms with E-state index in [9.17, 15) is 29.4 Å². The number of hydrogen-bond donors (Lipinski definition) is 3. The monoisotopic (exact) mass is 637 g/mol. The fourth-order valence-electron chi connectivity index (χ4n) is 6.11. The van der Waals surface area contributed by atoms with E-state index in [0.717, 1.165) is 29.2 Å². The number of rotatable bonds is 8. The number of carboxylic acid groups (broad SMARTS) is 1. The largest absolute Gasteiger partial charge is 0.479 e. The number of carbonyl (C=O) groups excluding carboxylic acids is 3. The molecule has 1 fully saturated rings. The number of hydrogen-bond acceptors (Lipinski definition) is 10. The van der Waals surface area contributed by atoms with Crippen molar-refractivity contribution in [2.24, 2.45) is 11.1 Å². The molecule has 4 N–H and O–H groups in total. The number of carbonyl (C=O) groups is 4. The first-order valence-electron chi connectivity index (χ1n) is 14.8. The Morgan fingerprint density at radius 3 is 1.72 bits per heavy atom.